The zero-order valence-corrected chi connectivity index (χ0v) is 17.7. The highest BCUT2D eigenvalue weighted by atomic mass is 35.5. The molecule has 1 aliphatic rings. The molecule has 0 radical (unpaired) electrons. The van der Waals surface area contributed by atoms with Crippen molar-refractivity contribution >= 4 is 45.0 Å². The Balaban J connectivity index is 1.70. The van der Waals surface area contributed by atoms with E-state index in [1.165, 1.54) is 4.57 Å². The summed E-state index contributed by atoms with van der Waals surface area (Å²) in [6, 6.07) is 13.3. The fourth-order valence-electron chi connectivity index (χ4n) is 4.11. The molecule has 7 heteroatoms. The Labute approximate surface area is 182 Å². The molecule has 0 aliphatic carbocycles. The number of hydrogen-bond acceptors (Lipinski definition) is 4. The number of hydrogen-bond donors (Lipinski definition) is 1. The Bertz CT molecular complexity index is 1290. The van der Waals surface area contributed by atoms with Gasteiger partial charge in [0.25, 0.3) is 5.52 Å². The molecular formula is C23H19ClN3O2S+. The summed E-state index contributed by atoms with van der Waals surface area (Å²) >= 11 is 7.63. The molecule has 0 bridgehead atoms. The summed E-state index contributed by atoms with van der Waals surface area (Å²) in [7, 11) is 0. The molecule has 1 saturated heterocycles. The van der Waals surface area contributed by atoms with Crippen molar-refractivity contribution < 1.29 is 10.1 Å². The summed E-state index contributed by atoms with van der Waals surface area (Å²) < 4.78 is 1.50. The molecule has 1 N–H and O–H groups in total. The minimum atomic E-state index is -0.572. The molecule has 5 rings (SSSR count). The molecule has 2 unspecified atom stereocenters. The maximum absolute atomic E-state index is 13.4. The van der Waals surface area contributed by atoms with Gasteiger partial charge in [0, 0.05) is 23.8 Å². The number of rotatable bonds is 3. The molecule has 0 saturated carbocycles. The number of aromatic nitrogens is 3. The van der Waals surface area contributed by atoms with E-state index in [0.717, 1.165) is 34.1 Å². The van der Waals surface area contributed by atoms with E-state index in [1.54, 1.807) is 24.0 Å². The van der Waals surface area contributed by atoms with Crippen molar-refractivity contribution in [1.29, 1.82) is 0 Å². The van der Waals surface area contributed by atoms with Crippen LogP contribution in [-0.2, 0) is 6.42 Å². The highest BCUT2D eigenvalue weighted by molar-refractivity contribution is 7.99. The van der Waals surface area contributed by atoms with Crippen molar-refractivity contribution in [3.8, 4) is 0 Å². The van der Waals surface area contributed by atoms with Crippen molar-refractivity contribution in [1.82, 2.24) is 9.55 Å². The van der Waals surface area contributed by atoms with Crippen LogP contribution in [0, 0.1) is 6.33 Å². The standard InChI is InChI=1S/C23H19ClN3O2S/c24-21-6-5-14(11-25-21)9-15-10-18-22(17-4-2-1-3-16(15)17)26-13-27(23(18)29)19-7-8-30-12-20(19)28/h1-6,10-11,19-20,28H,7-9,12H2/q+1. The van der Waals surface area contributed by atoms with Gasteiger partial charge in [0.05, 0.1) is 0 Å². The predicted molar refractivity (Wildman–Crippen MR) is 119 cm³/mol. The van der Waals surface area contributed by atoms with E-state index in [4.69, 9.17) is 11.6 Å². The second-order valence-corrected chi connectivity index (χ2v) is 9.07. The number of nitrogens with zero attached hydrogens (tertiary/aromatic N) is 3. The van der Waals surface area contributed by atoms with Crippen LogP contribution < -0.4 is 10.5 Å². The Morgan fingerprint density at radius 3 is 2.83 bits per heavy atom. The first-order valence-corrected chi connectivity index (χ1v) is 11.4. The molecule has 30 heavy (non-hydrogen) atoms. The van der Waals surface area contributed by atoms with Crippen LogP contribution >= 0.6 is 23.4 Å². The van der Waals surface area contributed by atoms with Gasteiger partial charge in [0.1, 0.15) is 22.7 Å². The Kier molecular flexibility index (Phi) is 5.11. The van der Waals surface area contributed by atoms with E-state index < -0.39 is 6.10 Å². The molecular weight excluding hydrogens is 418 g/mol. The largest absolute Gasteiger partial charge is 0.388 e. The van der Waals surface area contributed by atoms with E-state index in [1.807, 2.05) is 36.4 Å². The minimum Gasteiger partial charge on any atom is -0.388 e. The van der Waals surface area contributed by atoms with Crippen LogP contribution in [0.1, 0.15) is 23.6 Å². The number of aliphatic hydroxyl groups excluding tert-OH is 1. The molecule has 2 aromatic heterocycles. The highest BCUT2D eigenvalue weighted by Crippen LogP contribution is 2.28. The zero-order chi connectivity index (χ0) is 20.7. The fraction of sp³-hybridized carbons (Fsp3) is 0.261. The summed E-state index contributed by atoms with van der Waals surface area (Å²) in [6.07, 6.45) is 5.45. The van der Waals surface area contributed by atoms with Crippen LogP contribution in [-0.4, -0.2) is 32.3 Å². The van der Waals surface area contributed by atoms with Gasteiger partial charge in [0.15, 0.2) is 0 Å². The van der Waals surface area contributed by atoms with E-state index in [2.05, 4.69) is 16.3 Å². The Morgan fingerprint density at radius 2 is 2.07 bits per heavy atom. The maximum atomic E-state index is 13.4. The quantitative estimate of drug-likeness (QED) is 0.499. The third-order valence-electron chi connectivity index (χ3n) is 5.63. The third-order valence-corrected chi connectivity index (χ3v) is 6.95. The lowest BCUT2D eigenvalue weighted by molar-refractivity contribution is -0.263. The fourth-order valence-corrected chi connectivity index (χ4v) is 5.26. The number of halogens is 1. The van der Waals surface area contributed by atoms with Crippen LogP contribution in [0.3, 0.4) is 0 Å². The first-order chi connectivity index (χ1) is 14.6. The van der Waals surface area contributed by atoms with Gasteiger partial charge >= 0.3 is 11.9 Å². The summed E-state index contributed by atoms with van der Waals surface area (Å²) in [4.78, 5) is 22.1. The normalized spacial score (nSPS) is 19.1. The van der Waals surface area contributed by atoms with Crippen LogP contribution in [0.25, 0.3) is 21.7 Å². The second kappa shape index (κ2) is 7.92. The smallest absolute Gasteiger partial charge is 0.386 e. The summed E-state index contributed by atoms with van der Waals surface area (Å²) in [5.41, 5.74) is 2.53. The van der Waals surface area contributed by atoms with Gasteiger partial charge in [-0.3, -0.25) is 0 Å². The van der Waals surface area contributed by atoms with Crippen molar-refractivity contribution in [3.05, 3.63) is 81.6 Å². The molecule has 0 amide bonds. The van der Waals surface area contributed by atoms with Crippen molar-refractivity contribution in [2.75, 3.05) is 11.5 Å². The van der Waals surface area contributed by atoms with Crippen LogP contribution in [0.4, 0.5) is 0 Å². The monoisotopic (exact) mass is 436 g/mol. The molecule has 150 valence electrons. The van der Waals surface area contributed by atoms with Gasteiger partial charge in [-0.25, -0.2) is 9.78 Å². The van der Waals surface area contributed by atoms with E-state index >= 15 is 0 Å². The van der Waals surface area contributed by atoms with Gasteiger partial charge in [-0.15, -0.1) is 4.57 Å². The molecule has 1 aliphatic heterocycles. The Morgan fingerprint density at radius 1 is 1.23 bits per heavy atom. The first kappa shape index (κ1) is 19.4. The topological polar surface area (TPSA) is 69.2 Å². The van der Waals surface area contributed by atoms with E-state index in [-0.39, 0.29) is 11.6 Å². The molecule has 3 heterocycles. The summed E-state index contributed by atoms with van der Waals surface area (Å²) in [6.45, 7) is 0. The first-order valence-electron chi connectivity index (χ1n) is 9.82. The van der Waals surface area contributed by atoms with E-state index in [0.29, 0.717) is 28.2 Å². The second-order valence-electron chi connectivity index (χ2n) is 7.53. The minimum absolute atomic E-state index is 0.155. The van der Waals surface area contributed by atoms with Gasteiger partial charge in [-0.05, 0) is 46.9 Å². The number of aliphatic hydroxyl groups is 1. The SMILES string of the molecule is O=c1c2cc(Cc3ccc(Cl)nc3)c3ccccc3c2[n+]#cn1C1CCSCC1O. The van der Waals surface area contributed by atoms with Crippen LogP contribution in [0.15, 0.2) is 53.5 Å². The zero-order valence-electron chi connectivity index (χ0n) is 16.1. The van der Waals surface area contributed by atoms with E-state index in [9.17, 15) is 9.90 Å². The lowest BCUT2D eigenvalue weighted by Crippen LogP contribution is -2.37. The van der Waals surface area contributed by atoms with Crippen LogP contribution in [0.2, 0.25) is 5.15 Å². The van der Waals surface area contributed by atoms with Crippen LogP contribution in [0.5, 0.6) is 0 Å². The molecule has 2 atom stereocenters. The molecule has 4 aromatic rings. The van der Waals surface area contributed by atoms with Gasteiger partial charge in [-0.2, -0.15) is 16.7 Å². The third kappa shape index (κ3) is 3.43. The summed E-state index contributed by atoms with van der Waals surface area (Å²) in [5.74, 6) is 1.53. The Hall–Kier alpha value is -2.59. The molecule has 2 aromatic carbocycles. The molecule has 0 spiro atoms. The lowest BCUT2D eigenvalue weighted by Gasteiger charge is -2.23. The molecule has 1 fully saturated rings. The maximum Gasteiger partial charge on any atom is 0.386 e. The lowest BCUT2D eigenvalue weighted by atomic mass is 9.96. The average molecular weight is 437 g/mol. The van der Waals surface area contributed by atoms with Gasteiger partial charge in [0.2, 0.25) is 0 Å². The number of thioether (sulfide) groups is 1. The van der Waals surface area contributed by atoms with Gasteiger partial charge < -0.3 is 5.11 Å². The predicted octanol–water partition coefficient (Wildman–Crippen LogP) is 3.23. The van der Waals surface area contributed by atoms with Crippen molar-refractivity contribution in [2.24, 2.45) is 0 Å². The average Bonchev–Trinajstić information content (AvgIpc) is 2.77. The number of benzene rings is 2. The highest BCUT2D eigenvalue weighted by Gasteiger charge is 2.32. The van der Waals surface area contributed by atoms with Gasteiger partial charge in [-0.1, -0.05) is 35.9 Å². The van der Waals surface area contributed by atoms with Crippen molar-refractivity contribution in [2.45, 2.75) is 25.0 Å². The molecule has 5 nitrogen and oxygen atoms in total. The van der Waals surface area contributed by atoms with Crippen molar-refractivity contribution in [3.63, 3.8) is 0 Å². The number of pyridine rings is 1. The number of fused-ring (bicyclic) bond motifs is 3. The summed E-state index contributed by atoms with van der Waals surface area (Å²) in [5, 5.41) is 13.4.